The summed E-state index contributed by atoms with van der Waals surface area (Å²) < 4.78 is 21.3. The Morgan fingerprint density at radius 3 is 2.24 bits per heavy atom. The second-order valence-electron chi connectivity index (χ2n) is 5.12. The highest BCUT2D eigenvalue weighted by atomic mass is 16.5. The molecular weight excluding hydrogens is 320 g/mol. The zero-order valence-electron chi connectivity index (χ0n) is 14.9. The van der Waals surface area contributed by atoms with Gasteiger partial charge in [-0.25, -0.2) is 0 Å². The van der Waals surface area contributed by atoms with Crippen molar-refractivity contribution < 1.29 is 23.7 Å². The summed E-state index contributed by atoms with van der Waals surface area (Å²) in [6, 6.07) is 10.8. The van der Waals surface area contributed by atoms with Crippen LogP contribution in [0.2, 0.25) is 0 Å². The molecule has 0 amide bonds. The Morgan fingerprint density at radius 1 is 1.00 bits per heavy atom. The van der Waals surface area contributed by atoms with Crippen LogP contribution in [0.25, 0.3) is 6.08 Å². The Bertz CT molecular complexity index is 739. The van der Waals surface area contributed by atoms with E-state index in [1.54, 1.807) is 18.2 Å². The fraction of sp³-hybridized carbons (Fsp3) is 0.250. The van der Waals surface area contributed by atoms with Crippen LogP contribution in [0.3, 0.4) is 0 Å². The van der Waals surface area contributed by atoms with E-state index in [4.69, 9.17) is 18.9 Å². The monoisotopic (exact) mass is 342 g/mol. The maximum atomic E-state index is 12.5. The second-order valence-corrected chi connectivity index (χ2v) is 5.12. The number of hydrogen-bond donors (Lipinski definition) is 0. The summed E-state index contributed by atoms with van der Waals surface area (Å²) in [4.78, 5) is 12.5. The molecule has 132 valence electrons. The average Bonchev–Trinajstić information content (AvgIpc) is 2.65. The van der Waals surface area contributed by atoms with E-state index < -0.39 is 0 Å². The van der Waals surface area contributed by atoms with E-state index in [-0.39, 0.29) is 5.78 Å². The molecular formula is C20H22O5. The summed E-state index contributed by atoms with van der Waals surface area (Å²) in [6.45, 7) is 2.52. The molecule has 25 heavy (non-hydrogen) atoms. The average molecular weight is 342 g/mol. The van der Waals surface area contributed by atoms with Crippen molar-refractivity contribution in [1.29, 1.82) is 0 Å². The molecule has 0 atom stereocenters. The lowest BCUT2D eigenvalue weighted by atomic mass is 10.1. The smallest absolute Gasteiger partial charge is 0.203 e. The van der Waals surface area contributed by atoms with Crippen LogP contribution in [0.1, 0.15) is 22.8 Å². The van der Waals surface area contributed by atoms with Crippen molar-refractivity contribution in [2.75, 3.05) is 27.9 Å². The molecule has 0 saturated heterocycles. The summed E-state index contributed by atoms with van der Waals surface area (Å²) in [5.41, 5.74) is 1.33. The lowest BCUT2D eigenvalue weighted by Gasteiger charge is -2.13. The maximum Gasteiger partial charge on any atom is 0.203 e. The first-order valence-electron chi connectivity index (χ1n) is 7.88. The van der Waals surface area contributed by atoms with Gasteiger partial charge in [-0.1, -0.05) is 18.2 Å². The summed E-state index contributed by atoms with van der Waals surface area (Å²) in [7, 11) is 4.55. The Labute approximate surface area is 147 Å². The van der Waals surface area contributed by atoms with Gasteiger partial charge in [0.25, 0.3) is 0 Å². The Kier molecular flexibility index (Phi) is 6.46. The molecule has 0 aromatic heterocycles. The van der Waals surface area contributed by atoms with Crippen molar-refractivity contribution in [3.8, 4) is 23.0 Å². The van der Waals surface area contributed by atoms with Gasteiger partial charge in [-0.2, -0.15) is 0 Å². The van der Waals surface area contributed by atoms with Crippen LogP contribution in [0.15, 0.2) is 42.5 Å². The molecule has 2 aromatic carbocycles. The Hall–Kier alpha value is -2.95. The first kappa shape index (κ1) is 18.4. The molecule has 0 unspecified atom stereocenters. The third-order valence-corrected chi connectivity index (χ3v) is 3.55. The number of ether oxygens (including phenoxy) is 4. The van der Waals surface area contributed by atoms with Gasteiger partial charge in [0.1, 0.15) is 5.75 Å². The topological polar surface area (TPSA) is 54.0 Å². The summed E-state index contributed by atoms with van der Waals surface area (Å²) >= 11 is 0. The van der Waals surface area contributed by atoms with Crippen molar-refractivity contribution >= 4 is 11.9 Å². The first-order valence-corrected chi connectivity index (χ1v) is 7.88. The number of benzene rings is 2. The highest BCUT2D eigenvalue weighted by Gasteiger charge is 2.15. The molecule has 5 nitrogen and oxygen atoms in total. The van der Waals surface area contributed by atoms with E-state index >= 15 is 0 Å². The molecule has 2 rings (SSSR count). The van der Waals surface area contributed by atoms with Crippen LogP contribution < -0.4 is 18.9 Å². The van der Waals surface area contributed by atoms with Gasteiger partial charge in [-0.3, -0.25) is 4.79 Å². The minimum atomic E-state index is -0.166. The van der Waals surface area contributed by atoms with Gasteiger partial charge in [-0.05, 0) is 42.8 Å². The molecule has 0 saturated carbocycles. The standard InChI is InChI=1S/C20H22O5/c1-5-25-16-8-6-7-14(11-16)9-10-17(21)15-12-18(22-2)20(24-4)19(13-15)23-3/h6-13H,5H2,1-4H3. The lowest BCUT2D eigenvalue weighted by Crippen LogP contribution is -2.00. The number of carbonyl (C=O) groups excluding carboxylic acids is 1. The van der Waals surface area contributed by atoms with E-state index in [0.29, 0.717) is 29.4 Å². The Morgan fingerprint density at radius 2 is 1.68 bits per heavy atom. The van der Waals surface area contributed by atoms with Crippen molar-refractivity contribution in [2.24, 2.45) is 0 Å². The second kappa shape index (κ2) is 8.78. The number of hydrogen-bond acceptors (Lipinski definition) is 5. The molecule has 0 N–H and O–H groups in total. The number of rotatable bonds is 8. The SMILES string of the molecule is CCOc1cccc(C=CC(=O)c2cc(OC)c(OC)c(OC)c2)c1. The normalized spacial score (nSPS) is 10.6. The largest absolute Gasteiger partial charge is 0.494 e. The van der Waals surface area contributed by atoms with Gasteiger partial charge in [0.15, 0.2) is 17.3 Å². The summed E-state index contributed by atoms with van der Waals surface area (Å²) in [6.07, 6.45) is 3.25. The summed E-state index contributed by atoms with van der Waals surface area (Å²) in [5.74, 6) is 1.94. The van der Waals surface area contributed by atoms with Gasteiger partial charge < -0.3 is 18.9 Å². The molecule has 5 heteroatoms. The van der Waals surface area contributed by atoms with Crippen LogP contribution in [-0.2, 0) is 0 Å². The zero-order chi connectivity index (χ0) is 18.2. The number of methoxy groups -OCH3 is 3. The fourth-order valence-corrected chi connectivity index (χ4v) is 2.37. The van der Waals surface area contributed by atoms with Crippen molar-refractivity contribution in [1.82, 2.24) is 0 Å². The quantitative estimate of drug-likeness (QED) is 0.536. The van der Waals surface area contributed by atoms with E-state index in [9.17, 15) is 4.79 Å². The fourth-order valence-electron chi connectivity index (χ4n) is 2.37. The van der Waals surface area contributed by atoms with E-state index in [2.05, 4.69) is 0 Å². The van der Waals surface area contributed by atoms with Crippen LogP contribution >= 0.6 is 0 Å². The molecule has 0 aliphatic carbocycles. The Balaban J connectivity index is 2.27. The molecule has 0 radical (unpaired) electrons. The molecule has 2 aromatic rings. The highest BCUT2D eigenvalue weighted by molar-refractivity contribution is 6.07. The number of carbonyl (C=O) groups is 1. The molecule has 0 aliphatic heterocycles. The van der Waals surface area contributed by atoms with Crippen LogP contribution in [0.4, 0.5) is 0 Å². The van der Waals surface area contributed by atoms with E-state index in [0.717, 1.165) is 11.3 Å². The zero-order valence-corrected chi connectivity index (χ0v) is 14.9. The van der Waals surface area contributed by atoms with Crippen LogP contribution in [-0.4, -0.2) is 33.7 Å². The molecule has 0 fully saturated rings. The predicted octanol–water partition coefficient (Wildman–Crippen LogP) is 4.01. The molecule has 0 heterocycles. The molecule has 0 spiro atoms. The third-order valence-electron chi connectivity index (χ3n) is 3.55. The minimum Gasteiger partial charge on any atom is -0.494 e. The highest BCUT2D eigenvalue weighted by Crippen LogP contribution is 2.38. The van der Waals surface area contributed by atoms with Gasteiger partial charge in [0, 0.05) is 5.56 Å². The van der Waals surface area contributed by atoms with Crippen molar-refractivity contribution in [2.45, 2.75) is 6.92 Å². The third kappa shape index (κ3) is 4.53. The molecule has 0 aliphatic rings. The number of ketones is 1. The van der Waals surface area contributed by atoms with Gasteiger partial charge >= 0.3 is 0 Å². The number of allylic oxidation sites excluding steroid dienone is 1. The van der Waals surface area contributed by atoms with Crippen molar-refractivity contribution in [3.63, 3.8) is 0 Å². The first-order chi connectivity index (χ1) is 12.1. The predicted molar refractivity (Wildman–Crippen MR) is 97.1 cm³/mol. The maximum absolute atomic E-state index is 12.5. The van der Waals surface area contributed by atoms with Crippen molar-refractivity contribution in [3.05, 3.63) is 53.6 Å². The summed E-state index contributed by atoms with van der Waals surface area (Å²) in [5, 5.41) is 0. The van der Waals surface area contributed by atoms with E-state index in [1.165, 1.54) is 27.4 Å². The van der Waals surface area contributed by atoms with Gasteiger partial charge in [0.05, 0.1) is 27.9 Å². The molecule has 0 bridgehead atoms. The van der Waals surface area contributed by atoms with E-state index in [1.807, 2.05) is 31.2 Å². The minimum absolute atomic E-state index is 0.166. The van der Waals surface area contributed by atoms with Gasteiger partial charge in [-0.15, -0.1) is 0 Å². The van der Waals surface area contributed by atoms with Crippen LogP contribution in [0, 0.1) is 0 Å². The lowest BCUT2D eigenvalue weighted by molar-refractivity contribution is 0.104. The van der Waals surface area contributed by atoms with Crippen LogP contribution in [0.5, 0.6) is 23.0 Å². The van der Waals surface area contributed by atoms with Gasteiger partial charge in [0.2, 0.25) is 5.75 Å².